The van der Waals surface area contributed by atoms with Gasteiger partial charge in [0.2, 0.25) is 0 Å². The zero-order valence-corrected chi connectivity index (χ0v) is 13.6. The molecular weight excluding hydrogens is 336 g/mol. The van der Waals surface area contributed by atoms with Gasteiger partial charge in [-0.1, -0.05) is 17.7 Å². The van der Waals surface area contributed by atoms with Crippen molar-refractivity contribution in [2.45, 2.75) is 0 Å². The van der Waals surface area contributed by atoms with Crippen LogP contribution in [0.15, 0.2) is 40.4 Å². The van der Waals surface area contributed by atoms with E-state index in [4.69, 9.17) is 11.6 Å². The largest absolute Gasteiger partial charge is 0.321 e. The van der Waals surface area contributed by atoms with Crippen LogP contribution in [0.5, 0.6) is 0 Å². The molecule has 1 aromatic carbocycles. The summed E-state index contributed by atoms with van der Waals surface area (Å²) in [5, 5.41) is 10.4. The molecule has 22 heavy (non-hydrogen) atoms. The summed E-state index contributed by atoms with van der Waals surface area (Å²) in [6.07, 6.45) is 1.82. The van der Waals surface area contributed by atoms with Crippen molar-refractivity contribution in [1.82, 2.24) is 4.98 Å². The van der Waals surface area contributed by atoms with Crippen LogP contribution in [0.1, 0.15) is 11.3 Å². The molecular formula is C16H9ClN2OS2. The first kappa shape index (κ1) is 13.7. The van der Waals surface area contributed by atoms with Crippen LogP contribution in [0.3, 0.4) is 0 Å². The Hall–Kier alpha value is -1.95. The molecule has 108 valence electrons. The van der Waals surface area contributed by atoms with Crippen molar-refractivity contribution in [2.75, 3.05) is 5.32 Å². The van der Waals surface area contributed by atoms with E-state index in [1.807, 2.05) is 29.0 Å². The van der Waals surface area contributed by atoms with Crippen LogP contribution >= 0.6 is 34.3 Å². The number of amides is 1. The third-order valence-corrected chi connectivity index (χ3v) is 5.17. The molecule has 0 fully saturated rings. The molecule has 3 heterocycles. The van der Waals surface area contributed by atoms with E-state index in [0.717, 1.165) is 27.5 Å². The first-order valence-corrected chi connectivity index (χ1v) is 8.72. The molecule has 0 spiro atoms. The van der Waals surface area contributed by atoms with Gasteiger partial charge in [-0.25, -0.2) is 4.98 Å². The minimum atomic E-state index is -0.123. The average Bonchev–Trinajstić information content (AvgIpc) is 3.20. The second-order valence-corrected chi connectivity index (χ2v) is 6.87. The fourth-order valence-electron chi connectivity index (χ4n) is 2.33. The zero-order valence-electron chi connectivity index (χ0n) is 11.2. The summed E-state index contributed by atoms with van der Waals surface area (Å²) in [6, 6.07) is 7.44. The molecule has 3 nitrogen and oxygen atoms in total. The molecule has 0 unspecified atom stereocenters. The van der Waals surface area contributed by atoms with E-state index in [9.17, 15) is 4.79 Å². The smallest absolute Gasteiger partial charge is 0.256 e. The Labute approximate surface area is 139 Å². The number of rotatable bonds is 2. The maximum Gasteiger partial charge on any atom is 0.256 e. The summed E-state index contributed by atoms with van der Waals surface area (Å²) < 4.78 is 0. The molecule has 4 rings (SSSR count). The number of nitrogens with one attached hydrogen (secondary N) is 1. The summed E-state index contributed by atoms with van der Waals surface area (Å²) in [7, 11) is 0. The van der Waals surface area contributed by atoms with Gasteiger partial charge in [0.05, 0.1) is 17.0 Å². The second-order valence-electron chi connectivity index (χ2n) is 4.79. The highest BCUT2D eigenvalue weighted by Crippen LogP contribution is 2.35. The number of thiazole rings is 1. The number of hydrogen-bond acceptors (Lipinski definition) is 4. The summed E-state index contributed by atoms with van der Waals surface area (Å²) >= 11 is 9.18. The Balaban J connectivity index is 1.73. The number of carbonyl (C=O) groups excluding carboxylic acids is 1. The Bertz CT molecular complexity index is 897. The molecule has 0 atom stereocenters. The fraction of sp³-hybridized carbons (Fsp3) is 0. The van der Waals surface area contributed by atoms with Crippen molar-refractivity contribution >= 4 is 57.5 Å². The van der Waals surface area contributed by atoms with Gasteiger partial charge >= 0.3 is 0 Å². The lowest BCUT2D eigenvalue weighted by Gasteiger charge is -1.97. The van der Waals surface area contributed by atoms with E-state index in [0.29, 0.717) is 10.6 Å². The molecule has 0 radical (unpaired) electrons. The number of halogens is 1. The van der Waals surface area contributed by atoms with Crippen molar-refractivity contribution in [2.24, 2.45) is 0 Å². The van der Waals surface area contributed by atoms with Gasteiger partial charge in [-0.2, -0.15) is 11.3 Å². The lowest BCUT2D eigenvalue weighted by atomic mass is 10.1. The predicted octanol–water partition coefficient (Wildman–Crippen LogP) is 5.02. The van der Waals surface area contributed by atoms with Gasteiger partial charge in [-0.15, -0.1) is 11.3 Å². The van der Waals surface area contributed by atoms with Crippen LogP contribution in [-0.4, -0.2) is 10.9 Å². The summed E-state index contributed by atoms with van der Waals surface area (Å²) in [6.45, 7) is 0. The molecule has 1 aliphatic heterocycles. The average molecular weight is 345 g/mol. The van der Waals surface area contributed by atoms with Gasteiger partial charge in [-0.3, -0.25) is 4.79 Å². The number of aromatic nitrogens is 1. The van der Waals surface area contributed by atoms with Crippen molar-refractivity contribution < 1.29 is 4.79 Å². The van der Waals surface area contributed by atoms with Crippen molar-refractivity contribution in [1.29, 1.82) is 0 Å². The quantitative estimate of drug-likeness (QED) is 0.663. The van der Waals surface area contributed by atoms with E-state index < -0.39 is 0 Å². The lowest BCUT2D eigenvalue weighted by molar-refractivity contribution is -0.110. The first-order chi connectivity index (χ1) is 10.7. The van der Waals surface area contributed by atoms with Gasteiger partial charge in [0.1, 0.15) is 5.01 Å². The third-order valence-electron chi connectivity index (χ3n) is 3.35. The van der Waals surface area contributed by atoms with Crippen molar-refractivity contribution in [3.8, 4) is 10.6 Å². The van der Waals surface area contributed by atoms with Gasteiger partial charge in [0, 0.05) is 26.9 Å². The molecule has 3 aromatic rings. The van der Waals surface area contributed by atoms with Crippen LogP contribution in [0, 0.1) is 0 Å². The van der Waals surface area contributed by atoms with Gasteiger partial charge < -0.3 is 5.32 Å². The number of benzene rings is 1. The Morgan fingerprint density at radius 3 is 2.95 bits per heavy atom. The van der Waals surface area contributed by atoms with E-state index in [1.165, 1.54) is 0 Å². The third kappa shape index (κ3) is 2.37. The Morgan fingerprint density at radius 2 is 2.14 bits per heavy atom. The molecule has 0 aliphatic carbocycles. The maximum absolute atomic E-state index is 12.1. The Kier molecular flexibility index (Phi) is 3.33. The highest BCUT2D eigenvalue weighted by atomic mass is 35.5. The number of hydrogen-bond donors (Lipinski definition) is 1. The minimum absolute atomic E-state index is 0.123. The molecule has 1 amide bonds. The van der Waals surface area contributed by atoms with E-state index >= 15 is 0 Å². The molecule has 0 saturated carbocycles. The zero-order chi connectivity index (χ0) is 15.1. The summed E-state index contributed by atoms with van der Waals surface area (Å²) in [5.41, 5.74) is 4.13. The van der Waals surface area contributed by atoms with E-state index in [-0.39, 0.29) is 5.91 Å². The van der Waals surface area contributed by atoms with Crippen LogP contribution in [0.2, 0.25) is 5.02 Å². The van der Waals surface area contributed by atoms with Gasteiger partial charge in [0.15, 0.2) is 0 Å². The number of thiophene rings is 1. The normalized spacial score (nSPS) is 15.1. The standard InChI is InChI=1S/C16H9ClN2OS2/c17-10-1-2-12-13(15(20)19-14(12)5-10)6-11-8-22-16(18-11)9-3-4-21-7-9/h1-8H,(H,19,20)/b13-6-. The molecule has 0 bridgehead atoms. The fourth-order valence-corrected chi connectivity index (χ4v) is 3.99. The molecule has 1 N–H and O–H groups in total. The van der Waals surface area contributed by atoms with Crippen LogP contribution in [0.25, 0.3) is 22.2 Å². The van der Waals surface area contributed by atoms with Gasteiger partial charge in [-0.05, 0) is 29.7 Å². The number of carbonyl (C=O) groups is 1. The lowest BCUT2D eigenvalue weighted by Crippen LogP contribution is -2.03. The summed E-state index contributed by atoms with van der Waals surface area (Å²) in [4.78, 5) is 16.7. The monoisotopic (exact) mass is 344 g/mol. The predicted molar refractivity (Wildman–Crippen MR) is 93.4 cm³/mol. The maximum atomic E-state index is 12.1. The highest BCUT2D eigenvalue weighted by molar-refractivity contribution is 7.14. The molecule has 6 heteroatoms. The van der Waals surface area contributed by atoms with Crippen LogP contribution in [-0.2, 0) is 4.79 Å². The highest BCUT2D eigenvalue weighted by Gasteiger charge is 2.24. The second kappa shape index (κ2) is 5.35. The minimum Gasteiger partial charge on any atom is -0.321 e. The molecule has 1 aliphatic rings. The molecule has 0 saturated heterocycles. The topological polar surface area (TPSA) is 42.0 Å². The SMILES string of the molecule is O=C1Nc2cc(Cl)ccc2/C1=C/c1csc(-c2ccsc2)n1. The van der Waals surface area contributed by atoms with Crippen LogP contribution < -0.4 is 5.32 Å². The van der Waals surface area contributed by atoms with Gasteiger partial charge in [0.25, 0.3) is 5.91 Å². The number of fused-ring (bicyclic) bond motifs is 1. The number of nitrogens with zero attached hydrogens (tertiary/aromatic N) is 1. The number of anilines is 1. The molecule has 2 aromatic heterocycles. The summed E-state index contributed by atoms with van der Waals surface area (Å²) in [5.74, 6) is -0.123. The van der Waals surface area contributed by atoms with E-state index in [2.05, 4.69) is 15.7 Å². The van der Waals surface area contributed by atoms with Crippen molar-refractivity contribution in [3.63, 3.8) is 0 Å². The Morgan fingerprint density at radius 1 is 1.23 bits per heavy atom. The van der Waals surface area contributed by atoms with E-state index in [1.54, 1.807) is 34.8 Å². The van der Waals surface area contributed by atoms with Crippen molar-refractivity contribution in [3.05, 3.63) is 56.7 Å². The first-order valence-electron chi connectivity index (χ1n) is 6.52. The van der Waals surface area contributed by atoms with Crippen LogP contribution in [0.4, 0.5) is 5.69 Å².